The molecule has 1 amide bonds. The maximum absolute atomic E-state index is 11.7. The van der Waals surface area contributed by atoms with Crippen molar-refractivity contribution >= 4 is 28.7 Å². The summed E-state index contributed by atoms with van der Waals surface area (Å²) in [5, 5.41) is 26.3. The summed E-state index contributed by atoms with van der Waals surface area (Å²) in [6, 6.07) is 7.81. The SMILES string of the molecule is CN/C=C(\C(=N)C1CC1)c1ccc(NC(=N)C2=C(NC)CCN(C(C)=O)C2)cc1. The summed E-state index contributed by atoms with van der Waals surface area (Å²) in [5.74, 6) is 0.699. The van der Waals surface area contributed by atoms with E-state index in [2.05, 4.69) is 16.0 Å². The van der Waals surface area contributed by atoms with E-state index in [-0.39, 0.29) is 5.91 Å². The maximum Gasteiger partial charge on any atom is 0.219 e. The molecule has 1 aliphatic carbocycles. The van der Waals surface area contributed by atoms with Crippen LogP contribution in [0.15, 0.2) is 41.7 Å². The van der Waals surface area contributed by atoms with Crippen LogP contribution in [0.2, 0.25) is 0 Å². The quantitative estimate of drug-likeness (QED) is 0.362. The van der Waals surface area contributed by atoms with Crippen molar-refractivity contribution in [2.24, 2.45) is 5.92 Å². The normalized spacial score (nSPS) is 17.1. The van der Waals surface area contributed by atoms with E-state index in [9.17, 15) is 4.79 Å². The molecule has 7 heteroatoms. The lowest BCUT2D eigenvalue weighted by Gasteiger charge is -2.30. The molecule has 1 aliphatic heterocycles. The summed E-state index contributed by atoms with van der Waals surface area (Å²) in [6.07, 6.45) is 4.79. The lowest BCUT2D eigenvalue weighted by molar-refractivity contribution is -0.128. The number of hydrogen-bond acceptors (Lipinski definition) is 5. The lowest BCUT2D eigenvalue weighted by Crippen LogP contribution is -2.40. The average molecular weight is 395 g/mol. The van der Waals surface area contributed by atoms with E-state index >= 15 is 0 Å². The molecular formula is C22H30N6O. The van der Waals surface area contributed by atoms with E-state index in [0.29, 0.717) is 30.6 Å². The van der Waals surface area contributed by atoms with Gasteiger partial charge in [-0.1, -0.05) is 12.1 Å². The fourth-order valence-electron chi connectivity index (χ4n) is 3.54. The Morgan fingerprint density at radius 1 is 1.17 bits per heavy atom. The first-order valence-corrected chi connectivity index (χ1v) is 10.0. The monoisotopic (exact) mass is 394 g/mol. The van der Waals surface area contributed by atoms with Crippen molar-refractivity contribution in [1.29, 1.82) is 10.8 Å². The molecule has 1 fully saturated rings. The third kappa shape index (κ3) is 4.85. The van der Waals surface area contributed by atoms with E-state index in [1.165, 1.54) is 0 Å². The maximum atomic E-state index is 11.7. The van der Waals surface area contributed by atoms with Crippen LogP contribution in [0.3, 0.4) is 0 Å². The summed E-state index contributed by atoms with van der Waals surface area (Å²) in [6.45, 7) is 2.67. The standard InChI is InChI=1S/C22H30N6O/c1-14(29)28-11-10-20(26-3)19(13-28)22(24)27-17-8-6-15(7-9-17)18(12-25-2)21(23)16-4-5-16/h6-9,12,16,23,25-26H,4-5,10-11,13H2,1-3H3,(H2,24,27)/b18-12-,23-21?. The first-order valence-electron chi connectivity index (χ1n) is 10.0. The van der Waals surface area contributed by atoms with Gasteiger partial charge in [-0.05, 0) is 30.5 Å². The smallest absolute Gasteiger partial charge is 0.219 e. The van der Waals surface area contributed by atoms with Crippen LogP contribution in [0.4, 0.5) is 5.69 Å². The van der Waals surface area contributed by atoms with Crippen molar-refractivity contribution in [2.75, 3.05) is 32.5 Å². The van der Waals surface area contributed by atoms with Crippen LogP contribution in [0.1, 0.15) is 31.7 Å². The Balaban J connectivity index is 1.74. The Hall–Kier alpha value is -3.09. The highest BCUT2D eigenvalue weighted by Gasteiger charge is 2.29. The van der Waals surface area contributed by atoms with Crippen LogP contribution >= 0.6 is 0 Å². The van der Waals surface area contributed by atoms with Gasteiger partial charge in [-0.25, -0.2) is 0 Å². The zero-order chi connectivity index (χ0) is 21.0. The molecule has 2 aliphatic rings. The summed E-state index contributed by atoms with van der Waals surface area (Å²) >= 11 is 0. The van der Waals surface area contributed by atoms with E-state index in [1.54, 1.807) is 11.8 Å². The van der Waals surface area contributed by atoms with Crippen molar-refractivity contribution in [3.63, 3.8) is 0 Å². The van der Waals surface area contributed by atoms with Crippen molar-refractivity contribution < 1.29 is 4.79 Å². The van der Waals surface area contributed by atoms with Gasteiger partial charge < -0.3 is 26.3 Å². The van der Waals surface area contributed by atoms with Gasteiger partial charge in [-0.3, -0.25) is 10.2 Å². The highest BCUT2D eigenvalue weighted by molar-refractivity contribution is 6.24. The number of amidine groups is 1. The van der Waals surface area contributed by atoms with Crippen molar-refractivity contribution in [3.05, 3.63) is 47.3 Å². The molecule has 0 unspecified atom stereocenters. The minimum Gasteiger partial charge on any atom is -0.393 e. The molecule has 0 radical (unpaired) electrons. The van der Waals surface area contributed by atoms with E-state index in [0.717, 1.165) is 47.4 Å². The molecule has 3 rings (SSSR count). The van der Waals surface area contributed by atoms with Crippen LogP contribution in [-0.4, -0.2) is 49.5 Å². The number of carbonyl (C=O) groups is 1. The molecule has 1 aromatic carbocycles. The highest BCUT2D eigenvalue weighted by Crippen LogP contribution is 2.35. The molecule has 0 bridgehead atoms. The highest BCUT2D eigenvalue weighted by atomic mass is 16.2. The molecule has 0 aromatic heterocycles. The van der Waals surface area contributed by atoms with Crippen LogP contribution in [0.25, 0.3) is 5.57 Å². The molecule has 1 heterocycles. The second-order valence-electron chi connectivity index (χ2n) is 7.51. The number of nitrogens with zero attached hydrogens (tertiary/aromatic N) is 1. The summed E-state index contributed by atoms with van der Waals surface area (Å²) in [4.78, 5) is 13.5. The van der Waals surface area contributed by atoms with Gasteiger partial charge >= 0.3 is 0 Å². The van der Waals surface area contributed by atoms with Gasteiger partial charge in [0.05, 0.1) is 6.54 Å². The first kappa shape index (κ1) is 20.6. The van der Waals surface area contributed by atoms with E-state index < -0.39 is 0 Å². The number of hydrogen-bond donors (Lipinski definition) is 5. The second kappa shape index (κ2) is 8.94. The topological polar surface area (TPSA) is 104 Å². The molecular weight excluding hydrogens is 364 g/mol. The predicted octanol–water partition coefficient (Wildman–Crippen LogP) is 2.79. The molecule has 1 saturated carbocycles. The van der Waals surface area contributed by atoms with Gasteiger partial charge in [0.15, 0.2) is 0 Å². The van der Waals surface area contributed by atoms with Crippen molar-refractivity contribution in [2.45, 2.75) is 26.2 Å². The molecule has 5 N–H and O–H groups in total. The lowest BCUT2D eigenvalue weighted by atomic mass is 9.98. The Labute approximate surface area is 172 Å². The number of amides is 1. The zero-order valence-electron chi connectivity index (χ0n) is 17.4. The number of rotatable bonds is 7. The van der Waals surface area contributed by atoms with Gasteiger partial charge in [0.1, 0.15) is 5.84 Å². The van der Waals surface area contributed by atoms with Crippen LogP contribution in [-0.2, 0) is 4.79 Å². The van der Waals surface area contributed by atoms with Gasteiger partial charge in [-0.15, -0.1) is 0 Å². The molecule has 154 valence electrons. The zero-order valence-corrected chi connectivity index (χ0v) is 17.4. The molecule has 29 heavy (non-hydrogen) atoms. The predicted molar refractivity (Wildman–Crippen MR) is 118 cm³/mol. The number of carbonyl (C=O) groups excluding carboxylic acids is 1. The Morgan fingerprint density at radius 2 is 1.86 bits per heavy atom. The number of benzene rings is 1. The Kier molecular flexibility index (Phi) is 6.36. The first-order chi connectivity index (χ1) is 13.9. The minimum atomic E-state index is 0.0248. The summed E-state index contributed by atoms with van der Waals surface area (Å²) in [7, 11) is 3.70. The van der Waals surface area contributed by atoms with Gasteiger partial charge in [0.2, 0.25) is 5.91 Å². The van der Waals surface area contributed by atoms with Gasteiger partial charge in [-0.2, -0.15) is 0 Å². The Morgan fingerprint density at radius 3 is 2.41 bits per heavy atom. The van der Waals surface area contributed by atoms with Crippen LogP contribution < -0.4 is 16.0 Å². The minimum absolute atomic E-state index is 0.0248. The summed E-state index contributed by atoms with van der Waals surface area (Å²) < 4.78 is 0. The van der Waals surface area contributed by atoms with Gasteiger partial charge in [0, 0.05) is 74.3 Å². The van der Waals surface area contributed by atoms with Crippen LogP contribution in [0.5, 0.6) is 0 Å². The molecule has 0 spiro atoms. The Bertz CT molecular complexity index is 864. The van der Waals surface area contributed by atoms with E-state index in [1.807, 2.05) is 44.6 Å². The van der Waals surface area contributed by atoms with Crippen molar-refractivity contribution in [3.8, 4) is 0 Å². The molecule has 7 nitrogen and oxygen atoms in total. The average Bonchev–Trinajstić information content (AvgIpc) is 3.57. The number of nitrogens with one attached hydrogen (secondary N) is 5. The third-order valence-electron chi connectivity index (χ3n) is 5.42. The number of anilines is 1. The fourth-order valence-corrected chi connectivity index (χ4v) is 3.54. The fraction of sp³-hybridized carbons (Fsp3) is 0.409. The van der Waals surface area contributed by atoms with Gasteiger partial charge in [0.25, 0.3) is 0 Å². The van der Waals surface area contributed by atoms with Crippen molar-refractivity contribution in [1.82, 2.24) is 15.5 Å². The molecule has 1 aromatic rings. The molecule has 0 saturated heterocycles. The number of allylic oxidation sites excluding steroid dienone is 1. The summed E-state index contributed by atoms with van der Waals surface area (Å²) in [5.41, 5.74) is 5.20. The third-order valence-corrected chi connectivity index (χ3v) is 5.42. The van der Waals surface area contributed by atoms with E-state index in [4.69, 9.17) is 10.8 Å². The largest absolute Gasteiger partial charge is 0.393 e. The van der Waals surface area contributed by atoms with Crippen LogP contribution in [0, 0.1) is 16.7 Å². The molecule has 0 atom stereocenters. The second-order valence-corrected chi connectivity index (χ2v) is 7.51.